The minimum atomic E-state index is -3.77. The van der Waals surface area contributed by atoms with E-state index in [1.54, 1.807) is 31.4 Å². The molecule has 6 nitrogen and oxygen atoms in total. The molecule has 0 saturated heterocycles. The lowest BCUT2D eigenvalue weighted by Gasteiger charge is -2.10. The third kappa shape index (κ3) is 5.57. The summed E-state index contributed by atoms with van der Waals surface area (Å²) in [7, 11) is -2.17. The number of hydrogen-bond acceptors (Lipinski definition) is 4. The first-order chi connectivity index (χ1) is 12.5. The van der Waals surface area contributed by atoms with E-state index in [1.165, 1.54) is 12.1 Å². The quantitative estimate of drug-likeness (QED) is 0.659. The molecule has 0 spiro atoms. The van der Waals surface area contributed by atoms with Crippen LogP contribution in [-0.2, 0) is 21.2 Å². The molecule has 0 atom stereocenters. The maximum absolute atomic E-state index is 12.6. The van der Waals surface area contributed by atoms with Crippen LogP contribution in [-0.4, -0.2) is 34.6 Å². The van der Waals surface area contributed by atoms with Crippen molar-refractivity contribution in [1.82, 2.24) is 5.32 Å². The van der Waals surface area contributed by atoms with Crippen LogP contribution in [0.2, 0.25) is 0 Å². The average Bonchev–Trinajstić information content (AvgIpc) is 2.65. The van der Waals surface area contributed by atoms with Crippen LogP contribution in [0.25, 0.3) is 0 Å². The van der Waals surface area contributed by atoms with Crippen LogP contribution >= 0.6 is 0 Å². The first-order valence-electron chi connectivity index (χ1n) is 8.45. The highest BCUT2D eigenvalue weighted by molar-refractivity contribution is 7.92. The topological polar surface area (TPSA) is 84.5 Å². The first-order valence-corrected chi connectivity index (χ1v) is 9.93. The van der Waals surface area contributed by atoms with Crippen molar-refractivity contribution in [3.05, 3.63) is 59.7 Å². The molecule has 0 aliphatic heterocycles. The third-order valence-corrected chi connectivity index (χ3v) is 5.21. The molecule has 0 aliphatic carbocycles. The van der Waals surface area contributed by atoms with Gasteiger partial charge in [0.15, 0.2) is 0 Å². The lowest BCUT2D eigenvalue weighted by Crippen LogP contribution is -2.25. The lowest BCUT2D eigenvalue weighted by molar-refractivity contribution is 0.0948. The predicted molar refractivity (Wildman–Crippen MR) is 102 cm³/mol. The molecule has 0 aliphatic rings. The highest BCUT2D eigenvalue weighted by Crippen LogP contribution is 2.18. The number of hydrogen-bond donors (Lipinski definition) is 2. The Morgan fingerprint density at radius 3 is 2.50 bits per heavy atom. The van der Waals surface area contributed by atoms with Gasteiger partial charge in [-0.3, -0.25) is 9.52 Å². The minimum Gasteiger partial charge on any atom is -0.385 e. The molecule has 0 heterocycles. The van der Waals surface area contributed by atoms with Gasteiger partial charge in [0.1, 0.15) is 0 Å². The van der Waals surface area contributed by atoms with E-state index in [4.69, 9.17) is 4.74 Å². The summed E-state index contributed by atoms with van der Waals surface area (Å²) in [5.74, 6) is -0.314. The fourth-order valence-corrected chi connectivity index (χ4v) is 3.45. The molecular weight excluding hydrogens is 352 g/mol. The van der Waals surface area contributed by atoms with Crippen LogP contribution in [0.4, 0.5) is 5.69 Å². The molecule has 0 saturated carbocycles. The molecule has 0 bridgehead atoms. The Kier molecular flexibility index (Phi) is 7.17. The van der Waals surface area contributed by atoms with Crippen LogP contribution < -0.4 is 10.0 Å². The van der Waals surface area contributed by atoms with Gasteiger partial charge in [0.05, 0.1) is 4.90 Å². The Morgan fingerprint density at radius 2 is 1.85 bits per heavy atom. The Morgan fingerprint density at radius 1 is 1.12 bits per heavy atom. The van der Waals surface area contributed by atoms with Crippen LogP contribution in [0.1, 0.15) is 29.3 Å². The van der Waals surface area contributed by atoms with Crippen molar-refractivity contribution in [3.63, 3.8) is 0 Å². The summed E-state index contributed by atoms with van der Waals surface area (Å²) in [5.41, 5.74) is 1.91. The molecule has 140 valence electrons. The summed E-state index contributed by atoms with van der Waals surface area (Å²) in [5, 5.41) is 2.74. The summed E-state index contributed by atoms with van der Waals surface area (Å²) in [6.07, 6.45) is 1.57. The van der Waals surface area contributed by atoms with Gasteiger partial charge in [-0.05, 0) is 48.7 Å². The Labute approximate surface area is 154 Å². The highest BCUT2D eigenvalue weighted by atomic mass is 32.2. The number of sulfonamides is 1. The summed E-state index contributed by atoms with van der Waals surface area (Å²) >= 11 is 0. The normalized spacial score (nSPS) is 11.2. The van der Waals surface area contributed by atoms with Crippen molar-refractivity contribution in [2.45, 2.75) is 24.7 Å². The van der Waals surface area contributed by atoms with E-state index in [0.717, 1.165) is 12.0 Å². The maximum atomic E-state index is 12.6. The fraction of sp³-hybridized carbons (Fsp3) is 0.316. The van der Waals surface area contributed by atoms with Gasteiger partial charge in [0.2, 0.25) is 0 Å². The lowest BCUT2D eigenvalue weighted by atomic mass is 10.2. The number of methoxy groups -OCH3 is 1. The largest absolute Gasteiger partial charge is 0.385 e. The molecule has 2 rings (SSSR count). The number of ether oxygens (including phenoxy) is 1. The second-order valence-electron chi connectivity index (χ2n) is 5.79. The monoisotopic (exact) mass is 376 g/mol. The summed E-state index contributed by atoms with van der Waals surface area (Å²) in [6.45, 7) is 3.05. The van der Waals surface area contributed by atoms with Gasteiger partial charge in [-0.25, -0.2) is 8.42 Å². The molecule has 2 aromatic rings. The second-order valence-corrected chi connectivity index (χ2v) is 7.47. The van der Waals surface area contributed by atoms with E-state index < -0.39 is 10.0 Å². The first kappa shape index (κ1) is 19.9. The van der Waals surface area contributed by atoms with Crippen molar-refractivity contribution < 1.29 is 17.9 Å². The van der Waals surface area contributed by atoms with E-state index in [-0.39, 0.29) is 10.8 Å². The van der Waals surface area contributed by atoms with Crippen LogP contribution in [0.5, 0.6) is 0 Å². The second kappa shape index (κ2) is 9.35. The van der Waals surface area contributed by atoms with E-state index in [0.29, 0.717) is 30.8 Å². The number of rotatable bonds is 9. The fourth-order valence-electron chi connectivity index (χ4n) is 2.35. The molecule has 26 heavy (non-hydrogen) atoms. The summed E-state index contributed by atoms with van der Waals surface area (Å²) in [4.78, 5) is 12.2. The molecule has 7 heteroatoms. The zero-order valence-electron chi connectivity index (χ0n) is 15.0. The highest BCUT2D eigenvalue weighted by Gasteiger charge is 2.16. The van der Waals surface area contributed by atoms with Crippen molar-refractivity contribution in [2.75, 3.05) is 25.0 Å². The molecular formula is C19H24N2O4S. The Hall–Kier alpha value is -2.38. The van der Waals surface area contributed by atoms with Crippen molar-refractivity contribution >= 4 is 21.6 Å². The number of carbonyl (C=O) groups is 1. The van der Waals surface area contributed by atoms with E-state index in [9.17, 15) is 13.2 Å². The number of aryl methyl sites for hydroxylation is 1. The van der Waals surface area contributed by atoms with E-state index in [2.05, 4.69) is 10.0 Å². The van der Waals surface area contributed by atoms with Crippen LogP contribution in [0.3, 0.4) is 0 Å². The number of amides is 1. The molecule has 2 aromatic carbocycles. The van der Waals surface area contributed by atoms with Gasteiger partial charge >= 0.3 is 0 Å². The molecule has 0 fully saturated rings. The van der Waals surface area contributed by atoms with E-state index in [1.807, 2.05) is 19.1 Å². The molecule has 0 unspecified atom stereocenters. The van der Waals surface area contributed by atoms with Crippen LogP contribution in [0.15, 0.2) is 53.4 Å². The summed E-state index contributed by atoms with van der Waals surface area (Å²) < 4.78 is 32.6. The summed E-state index contributed by atoms with van der Waals surface area (Å²) in [6, 6.07) is 13.2. The third-order valence-electron chi connectivity index (χ3n) is 3.83. The smallest absolute Gasteiger partial charge is 0.261 e. The molecule has 0 aromatic heterocycles. The Balaban J connectivity index is 2.10. The number of nitrogens with one attached hydrogen (secondary N) is 2. The Bertz CT molecular complexity index is 833. The average molecular weight is 376 g/mol. The standard InChI is InChI=1S/C19H24N2O4S/c1-3-15-8-10-17(11-9-15)21-26(23,24)18-7-4-6-16(14-18)19(22)20-12-5-13-25-2/h4,6-11,14,21H,3,5,12-13H2,1-2H3,(H,20,22). The van der Waals surface area contributed by atoms with Gasteiger partial charge in [-0.2, -0.15) is 0 Å². The molecule has 2 N–H and O–H groups in total. The van der Waals surface area contributed by atoms with Gasteiger partial charge in [0, 0.05) is 31.5 Å². The van der Waals surface area contributed by atoms with Crippen LogP contribution in [0, 0.1) is 0 Å². The zero-order valence-corrected chi connectivity index (χ0v) is 15.8. The number of anilines is 1. The number of carbonyl (C=O) groups excluding carboxylic acids is 1. The SMILES string of the molecule is CCc1ccc(NS(=O)(=O)c2cccc(C(=O)NCCCOC)c2)cc1. The molecule has 0 radical (unpaired) electrons. The minimum absolute atomic E-state index is 0.0432. The van der Waals surface area contributed by atoms with Gasteiger partial charge in [0.25, 0.3) is 15.9 Å². The van der Waals surface area contributed by atoms with Gasteiger partial charge < -0.3 is 10.1 Å². The zero-order chi connectivity index (χ0) is 19.0. The van der Waals surface area contributed by atoms with Gasteiger partial charge in [-0.15, -0.1) is 0 Å². The van der Waals surface area contributed by atoms with Crippen molar-refractivity contribution in [3.8, 4) is 0 Å². The number of benzene rings is 2. The maximum Gasteiger partial charge on any atom is 0.261 e. The van der Waals surface area contributed by atoms with Crippen molar-refractivity contribution in [2.24, 2.45) is 0 Å². The van der Waals surface area contributed by atoms with Crippen molar-refractivity contribution in [1.29, 1.82) is 0 Å². The molecule has 1 amide bonds. The van der Waals surface area contributed by atoms with E-state index >= 15 is 0 Å². The predicted octanol–water partition coefficient (Wildman–Crippen LogP) is 2.82. The van der Waals surface area contributed by atoms with Gasteiger partial charge in [-0.1, -0.05) is 25.1 Å².